The first kappa shape index (κ1) is 13.5. The van der Waals surface area contributed by atoms with Gasteiger partial charge < -0.3 is 15.0 Å². The van der Waals surface area contributed by atoms with Gasteiger partial charge in [0.15, 0.2) is 0 Å². The van der Waals surface area contributed by atoms with Crippen molar-refractivity contribution in [1.82, 2.24) is 5.32 Å². The summed E-state index contributed by atoms with van der Waals surface area (Å²) in [6, 6.07) is 3.65. The minimum absolute atomic E-state index is 0.217. The van der Waals surface area contributed by atoms with Crippen molar-refractivity contribution < 1.29 is 18.7 Å². The molecule has 1 unspecified atom stereocenters. The number of hydrogen-bond donors (Lipinski definition) is 1. The minimum Gasteiger partial charge on any atom is -0.377 e. The number of aldehydes is 1. The molecule has 0 spiro atoms. The summed E-state index contributed by atoms with van der Waals surface area (Å²) < 4.78 is 19.2. The Morgan fingerprint density at radius 1 is 1.58 bits per heavy atom. The fourth-order valence-electron chi connectivity index (χ4n) is 2.11. The Morgan fingerprint density at radius 2 is 2.37 bits per heavy atom. The molecular weight excluding hydrogens is 251 g/mol. The number of ether oxygens (including phenoxy) is 1. The van der Waals surface area contributed by atoms with E-state index in [1.54, 1.807) is 4.90 Å². The van der Waals surface area contributed by atoms with E-state index < -0.39 is 11.9 Å². The molecule has 0 bridgehead atoms. The number of morpholine rings is 1. The largest absolute Gasteiger partial charge is 0.377 e. The lowest BCUT2D eigenvalue weighted by atomic mass is 10.1. The van der Waals surface area contributed by atoms with Gasteiger partial charge >= 0.3 is 0 Å². The Labute approximate surface area is 110 Å². The van der Waals surface area contributed by atoms with Gasteiger partial charge in [-0.15, -0.1) is 0 Å². The summed E-state index contributed by atoms with van der Waals surface area (Å²) in [6.07, 6.45) is 0.586. The second kappa shape index (κ2) is 5.79. The molecule has 1 heterocycles. The Morgan fingerprint density at radius 3 is 3.00 bits per heavy atom. The van der Waals surface area contributed by atoms with E-state index in [-0.39, 0.29) is 18.1 Å². The molecule has 1 saturated heterocycles. The zero-order valence-electron chi connectivity index (χ0n) is 10.6. The molecule has 1 atom stereocenters. The maximum Gasteiger partial charge on any atom is 0.244 e. The van der Waals surface area contributed by atoms with Gasteiger partial charge in [0.2, 0.25) is 5.91 Å². The SMILES string of the molecule is CNC(=O)C1COCCN1c1ccc(C=O)cc1F. The number of anilines is 1. The molecule has 0 aromatic heterocycles. The van der Waals surface area contributed by atoms with Crippen LogP contribution in [0.3, 0.4) is 0 Å². The first-order valence-corrected chi connectivity index (χ1v) is 5.98. The first-order valence-electron chi connectivity index (χ1n) is 5.98. The van der Waals surface area contributed by atoms with Crippen molar-refractivity contribution in [2.45, 2.75) is 6.04 Å². The van der Waals surface area contributed by atoms with Crippen LogP contribution in [0.25, 0.3) is 0 Å². The van der Waals surface area contributed by atoms with Gasteiger partial charge in [-0.05, 0) is 18.2 Å². The minimum atomic E-state index is -0.560. The highest BCUT2D eigenvalue weighted by Crippen LogP contribution is 2.24. The highest BCUT2D eigenvalue weighted by atomic mass is 19.1. The number of amides is 1. The van der Waals surface area contributed by atoms with Crippen LogP contribution in [0.15, 0.2) is 18.2 Å². The molecule has 2 rings (SSSR count). The van der Waals surface area contributed by atoms with Crippen molar-refractivity contribution >= 4 is 17.9 Å². The number of hydrogen-bond acceptors (Lipinski definition) is 4. The zero-order valence-corrected chi connectivity index (χ0v) is 10.6. The zero-order chi connectivity index (χ0) is 13.8. The Balaban J connectivity index is 2.32. The van der Waals surface area contributed by atoms with Crippen molar-refractivity contribution in [1.29, 1.82) is 0 Å². The standard InChI is InChI=1S/C13H15FN2O3/c1-15-13(18)12-8-19-5-4-16(12)11-3-2-9(7-17)6-10(11)14/h2-3,6-7,12H,4-5,8H2,1H3,(H,15,18). The van der Waals surface area contributed by atoms with Gasteiger partial charge in [-0.3, -0.25) is 9.59 Å². The molecule has 1 aliphatic rings. The molecule has 1 amide bonds. The molecule has 0 radical (unpaired) electrons. The van der Waals surface area contributed by atoms with Gasteiger partial charge in [-0.1, -0.05) is 0 Å². The van der Waals surface area contributed by atoms with Gasteiger partial charge in [0.25, 0.3) is 0 Å². The number of halogens is 1. The van der Waals surface area contributed by atoms with E-state index in [0.29, 0.717) is 25.1 Å². The number of benzene rings is 1. The van der Waals surface area contributed by atoms with E-state index in [2.05, 4.69) is 5.32 Å². The lowest BCUT2D eigenvalue weighted by Gasteiger charge is -2.36. The molecule has 1 N–H and O–H groups in total. The van der Waals surface area contributed by atoms with Crippen molar-refractivity contribution in [3.05, 3.63) is 29.6 Å². The Bertz CT molecular complexity index is 493. The lowest BCUT2D eigenvalue weighted by molar-refractivity contribution is -0.124. The first-order chi connectivity index (χ1) is 9.17. The highest BCUT2D eigenvalue weighted by molar-refractivity contribution is 5.85. The van der Waals surface area contributed by atoms with E-state index in [9.17, 15) is 14.0 Å². The third-order valence-corrected chi connectivity index (χ3v) is 3.09. The molecule has 1 aliphatic heterocycles. The summed E-state index contributed by atoms with van der Waals surface area (Å²) >= 11 is 0. The van der Waals surface area contributed by atoms with E-state index >= 15 is 0 Å². The number of rotatable bonds is 3. The van der Waals surface area contributed by atoms with Crippen LogP contribution in [0, 0.1) is 5.82 Å². The van der Waals surface area contributed by atoms with Crippen molar-refractivity contribution in [2.24, 2.45) is 0 Å². The summed E-state index contributed by atoms with van der Waals surface area (Å²) in [7, 11) is 1.53. The van der Waals surface area contributed by atoms with E-state index in [1.807, 2.05) is 0 Å². The fourth-order valence-corrected chi connectivity index (χ4v) is 2.11. The maximum atomic E-state index is 14.0. The normalized spacial score (nSPS) is 19.1. The van der Waals surface area contributed by atoms with Gasteiger partial charge in [0.05, 0.1) is 18.9 Å². The fraction of sp³-hybridized carbons (Fsp3) is 0.385. The average Bonchev–Trinajstić information content (AvgIpc) is 2.46. The number of carbonyl (C=O) groups excluding carboxylic acids is 2. The van der Waals surface area contributed by atoms with Gasteiger partial charge in [-0.25, -0.2) is 4.39 Å². The summed E-state index contributed by atoms with van der Waals surface area (Å²) in [5, 5.41) is 2.54. The van der Waals surface area contributed by atoms with Crippen molar-refractivity contribution in [3.8, 4) is 0 Å². The third kappa shape index (κ3) is 2.73. The molecule has 6 heteroatoms. The smallest absolute Gasteiger partial charge is 0.244 e. The number of nitrogens with zero attached hydrogens (tertiary/aromatic N) is 1. The molecular formula is C13H15FN2O3. The van der Waals surface area contributed by atoms with Gasteiger partial charge in [0, 0.05) is 19.2 Å². The topological polar surface area (TPSA) is 58.6 Å². The van der Waals surface area contributed by atoms with Crippen molar-refractivity contribution in [3.63, 3.8) is 0 Å². The van der Waals surface area contributed by atoms with E-state index in [1.165, 1.54) is 25.2 Å². The molecule has 0 saturated carbocycles. The predicted molar refractivity (Wildman–Crippen MR) is 67.8 cm³/mol. The Kier molecular flexibility index (Phi) is 4.11. The number of likely N-dealkylation sites (N-methyl/N-ethyl adjacent to an activating group) is 1. The van der Waals surface area contributed by atoms with Crippen LogP contribution in [0.2, 0.25) is 0 Å². The lowest BCUT2D eigenvalue weighted by Crippen LogP contribution is -2.53. The monoisotopic (exact) mass is 266 g/mol. The Hall–Kier alpha value is -1.95. The van der Waals surface area contributed by atoms with Crippen molar-refractivity contribution in [2.75, 3.05) is 31.7 Å². The van der Waals surface area contributed by atoms with Crippen LogP contribution in [0.5, 0.6) is 0 Å². The summed E-state index contributed by atoms with van der Waals surface area (Å²) in [5.74, 6) is -0.737. The number of carbonyl (C=O) groups is 2. The van der Waals surface area contributed by atoms with E-state index in [4.69, 9.17) is 4.74 Å². The van der Waals surface area contributed by atoms with Crippen LogP contribution < -0.4 is 10.2 Å². The van der Waals surface area contributed by atoms with Crippen LogP contribution >= 0.6 is 0 Å². The molecule has 1 aromatic rings. The van der Waals surface area contributed by atoms with Crippen LogP contribution in [-0.2, 0) is 9.53 Å². The second-order valence-corrected chi connectivity index (χ2v) is 4.23. The van der Waals surface area contributed by atoms with Crippen LogP contribution in [0.4, 0.5) is 10.1 Å². The van der Waals surface area contributed by atoms with Gasteiger partial charge in [0.1, 0.15) is 18.1 Å². The second-order valence-electron chi connectivity index (χ2n) is 4.23. The molecule has 5 nitrogen and oxygen atoms in total. The summed E-state index contributed by atoms with van der Waals surface area (Å²) in [5.41, 5.74) is 0.577. The van der Waals surface area contributed by atoms with Crippen LogP contribution in [0.1, 0.15) is 10.4 Å². The summed E-state index contributed by atoms with van der Waals surface area (Å²) in [6.45, 7) is 1.08. The third-order valence-electron chi connectivity index (χ3n) is 3.09. The number of nitrogens with one attached hydrogen (secondary N) is 1. The highest BCUT2D eigenvalue weighted by Gasteiger charge is 2.30. The average molecular weight is 266 g/mol. The molecule has 19 heavy (non-hydrogen) atoms. The van der Waals surface area contributed by atoms with Crippen LogP contribution in [-0.4, -0.2) is 45.0 Å². The quantitative estimate of drug-likeness (QED) is 0.813. The molecule has 0 aliphatic carbocycles. The van der Waals surface area contributed by atoms with Gasteiger partial charge in [-0.2, -0.15) is 0 Å². The maximum absolute atomic E-state index is 14.0. The molecule has 102 valence electrons. The predicted octanol–water partition coefficient (Wildman–Crippen LogP) is 0.589. The summed E-state index contributed by atoms with van der Waals surface area (Å²) in [4.78, 5) is 24.0. The van der Waals surface area contributed by atoms with E-state index in [0.717, 1.165) is 0 Å². The molecule has 1 fully saturated rings. The molecule has 1 aromatic carbocycles.